The highest BCUT2D eigenvalue weighted by Crippen LogP contribution is 2.45. The molecule has 35 heavy (non-hydrogen) atoms. The highest BCUT2D eigenvalue weighted by atomic mass is 35.5. The van der Waals surface area contributed by atoms with Crippen molar-refractivity contribution in [2.45, 2.75) is 11.1 Å². The molecule has 0 aromatic heterocycles. The molecule has 0 unspecified atom stereocenters. The van der Waals surface area contributed by atoms with Crippen LogP contribution in [0.5, 0.6) is 5.75 Å². The van der Waals surface area contributed by atoms with Gasteiger partial charge in [0.05, 0.1) is 28.0 Å². The average Bonchev–Trinajstić information content (AvgIpc) is 2.80. The van der Waals surface area contributed by atoms with Crippen LogP contribution in [0.2, 0.25) is 15.1 Å². The number of nitrogens with zero attached hydrogens (tertiary/aromatic N) is 2. The van der Waals surface area contributed by atoms with E-state index in [0.717, 1.165) is 31.9 Å². The van der Waals surface area contributed by atoms with Crippen LogP contribution in [0.4, 0.5) is 24.5 Å². The molecule has 2 aliphatic heterocycles. The Labute approximate surface area is 214 Å². The van der Waals surface area contributed by atoms with E-state index in [-0.39, 0.29) is 28.1 Å². The Hall–Kier alpha value is -2.12. The van der Waals surface area contributed by atoms with Crippen LogP contribution >= 0.6 is 34.8 Å². The minimum absolute atomic E-state index is 0.00145. The lowest BCUT2D eigenvalue weighted by molar-refractivity contribution is -0.192. The molecule has 2 N–H and O–H groups in total. The topological polar surface area (TPSA) is 99.2 Å². The van der Waals surface area contributed by atoms with Gasteiger partial charge in [-0.15, -0.1) is 0 Å². The van der Waals surface area contributed by atoms with Gasteiger partial charge in [0.25, 0.3) is 10.0 Å². The van der Waals surface area contributed by atoms with Crippen molar-refractivity contribution in [2.75, 3.05) is 48.5 Å². The summed E-state index contributed by atoms with van der Waals surface area (Å²) in [7, 11) is -3.95. The molecule has 2 aromatic carbocycles. The summed E-state index contributed by atoms with van der Waals surface area (Å²) in [5.41, 5.74) is 1.20. The van der Waals surface area contributed by atoms with Crippen LogP contribution in [0.25, 0.3) is 0 Å². The first-order valence-electron chi connectivity index (χ1n) is 10.0. The van der Waals surface area contributed by atoms with Crippen LogP contribution in [0.1, 0.15) is 0 Å². The third kappa shape index (κ3) is 6.18. The zero-order valence-corrected chi connectivity index (χ0v) is 20.9. The normalized spacial score (nSPS) is 16.1. The number of hydrogen-bond donors (Lipinski definition) is 2. The van der Waals surface area contributed by atoms with Gasteiger partial charge < -0.3 is 20.1 Å². The Bertz CT molecular complexity index is 1210. The van der Waals surface area contributed by atoms with Gasteiger partial charge in [0.2, 0.25) is 0 Å². The number of halogens is 6. The number of ether oxygens (including phenoxy) is 1. The van der Waals surface area contributed by atoms with Crippen molar-refractivity contribution in [3.63, 3.8) is 0 Å². The van der Waals surface area contributed by atoms with E-state index in [0.29, 0.717) is 16.5 Å². The number of anilines is 2. The third-order valence-electron chi connectivity index (χ3n) is 5.01. The van der Waals surface area contributed by atoms with E-state index in [1.54, 1.807) is 18.2 Å². The lowest BCUT2D eigenvalue weighted by atomic mass is 10.2. The summed E-state index contributed by atoms with van der Waals surface area (Å²) in [6, 6.07) is 7.98. The molecular weight excluding hydrogens is 558 g/mol. The summed E-state index contributed by atoms with van der Waals surface area (Å²) in [4.78, 5) is 11.0. The highest BCUT2D eigenvalue weighted by molar-refractivity contribution is 7.93. The van der Waals surface area contributed by atoms with Crippen LogP contribution in [0.3, 0.4) is 0 Å². The zero-order valence-electron chi connectivity index (χ0n) is 17.8. The van der Waals surface area contributed by atoms with Gasteiger partial charge in [-0.1, -0.05) is 40.9 Å². The van der Waals surface area contributed by atoms with Crippen molar-refractivity contribution in [2.24, 2.45) is 0 Å². The number of carbonyl (C=O) groups is 1. The molecule has 8 nitrogen and oxygen atoms in total. The number of benzene rings is 2. The summed E-state index contributed by atoms with van der Waals surface area (Å²) in [6.07, 6.45) is -5.08. The number of piperazine rings is 1. The lowest BCUT2D eigenvalue weighted by Gasteiger charge is -2.36. The molecule has 0 saturated carbocycles. The first-order chi connectivity index (χ1) is 16.3. The first kappa shape index (κ1) is 27.5. The number of nitrogens with one attached hydrogen (secondary N) is 1. The van der Waals surface area contributed by atoms with Gasteiger partial charge in [-0.2, -0.15) is 13.2 Å². The monoisotopic (exact) mass is 575 g/mol. The summed E-state index contributed by atoms with van der Waals surface area (Å²) in [5, 5.41) is 11.0. The number of alkyl halides is 3. The van der Waals surface area contributed by atoms with Crippen LogP contribution < -0.4 is 19.3 Å². The van der Waals surface area contributed by atoms with Gasteiger partial charge >= 0.3 is 12.1 Å². The lowest BCUT2D eigenvalue weighted by Crippen LogP contribution is -2.44. The fourth-order valence-electron chi connectivity index (χ4n) is 3.44. The fourth-order valence-corrected chi connectivity index (χ4v) is 5.83. The Morgan fingerprint density at radius 3 is 2.26 bits per heavy atom. The van der Waals surface area contributed by atoms with Crippen molar-refractivity contribution in [3.05, 3.63) is 45.4 Å². The van der Waals surface area contributed by atoms with E-state index >= 15 is 0 Å². The molecule has 0 atom stereocenters. The molecule has 0 amide bonds. The predicted octanol–water partition coefficient (Wildman–Crippen LogP) is 4.28. The molecule has 0 aliphatic carbocycles. The number of rotatable bonds is 3. The van der Waals surface area contributed by atoms with E-state index in [4.69, 9.17) is 49.4 Å². The second kappa shape index (κ2) is 10.9. The highest BCUT2D eigenvalue weighted by Gasteiger charge is 2.38. The SMILES string of the molecule is O=C(O)C(F)(F)F.O=S(=O)(c1cccc(Cl)c1Cl)N1CCOc2c(N3CCNCC3)cc(Cl)cc21. The van der Waals surface area contributed by atoms with Crippen molar-refractivity contribution in [1.82, 2.24) is 5.32 Å². The molecule has 1 saturated heterocycles. The molecule has 2 heterocycles. The maximum Gasteiger partial charge on any atom is 0.490 e. The molecule has 4 rings (SSSR count). The minimum Gasteiger partial charge on any atom is -0.487 e. The van der Waals surface area contributed by atoms with Crippen LogP contribution in [0.15, 0.2) is 35.2 Å². The summed E-state index contributed by atoms with van der Waals surface area (Å²) < 4.78 is 65.7. The number of carboxylic acid groups (broad SMARTS) is 1. The molecule has 15 heteroatoms. The molecule has 192 valence electrons. The Balaban J connectivity index is 0.000000429. The van der Waals surface area contributed by atoms with E-state index in [9.17, 15) is 21.6 Å². The number of fused-ring (bicyclic) bond motifs is 1. The predicted molar refractivity (Wildman–Crippen MR) is 127 cm³/mol. The number of aliphatic carboxylic acids is 1. The molecule has 2 aliphatic rings. The minimum atomic E-state index is -5.08. The fraction of sp³-hybridized carbons (Fsp3) is 0.350. The maximum atomic E-state index is 13.4. The standard InChI is InChI=1S/C18H18Cl3N3O3S.C2HF3O2/c19-12-10-14(23-6-4-22-5-7-23)18-15(11-12)24(8-9-27-18)28(25,26)16-3-1-2-13(20)17(16)21;3-2(4,5)1(6)7/h1-3,10-11,22H,4-9H2;(H,6,7). The molecule has 0 spiro atoms. The van der Waals surface area contributed by atoms with Gasteiger partial charge in [-0.25, -0.2) is 13.2 Å². The quantitative estimate of drug-likeness (QED) is 0.563. The van der Waals surface area contributed by atoms with Crippen LogP contribution in [0, 0.1) is 0 Å². The number of hydrogen-bond acceptors (Lipinski definition) is 6. The van der Waals surface area contributed by atoms with Gasteiger partial charge in [0.15, 0.2) is 5.75 Å². The van der Waals surface area contributed by atoms with Crippen molar-refractivity contribution in [3.8, 4) is 5.75 Å². The number of sulfonamides is 1. The second-order valence-electron chi connectivity index (χ2n) is 7.29. The Kier molecular flexibility index (Phi) is 8.53. The van der Waals surface area contributed by atoms with Crippen LogP contribution in [-0.2, 0) is 14.8 Å². The Morgan fingerprint density at radius 1 is 1.06 bits per heavy atom. The zero-order chi connectivity index (χ0) is 26.0. The average molecular weight is 577 g/mol. The molecule has 0 radical (unpaired) electrons. The number of carboxylic acids is 1. The molecular formula is C20H19Cl3F3N3O5S. The first-order valence-corrected chi connectivity index (χ1v) is 12.6. The second-order valence-corrected chi connectivity index (χ2v) is 10.3. The molecule has 2 aromatic rings. The largest absolute Gasteiger partial charge is 0.490 e. The van der Waals surface area contributed by atoms with E-state index in [1.807, 2.05) is 6.07 Å². The van der Waals surface area contributed by atoms with Gasteiger partial charge in [-0.3, -0.25) is 4.31 Å². The smallest absolute Gasteiger partial charge is 0.487 e. The van der Waals surface area contributed by atoms with Crippen molar-refractivity contribution < 1.29 is 36.2 Å². The summed E-state index contributed by atoms with van der Waals surface area (Å²) >= 11 is 18.6. The van der Waals surface area contributed by atoms with Gasteiger partial charge in [-0.05, 0) is 24.3 Å². The van der Waals surface area contributed by atoms with Gasteiger partial charge in [0, 0.05) is 31.2 Å². The maximum absolute atomic E-state index is 13.4. The van der Waals surface area contributed by atoms with E-state index in [1.165, 1.54) is 10.4 Å². The third-order valence-corrected chi connectivity index (χ3v) is 8.01. The Morgan fingerprint density at radius 2 is 1.66 bits per heavy atom. The molecule has 0 bridgehead atoms. The van der Waals surface area contributed by atoms with Crippen LogP contribution in [-0.4, -0.2) is 65.0 Å². The molecule has 1 fully saturated rings. The van der Waals surface area contributed by atoms with Crippen molar-refractivity contribution >= 4 is 62.2 Å². The summed E-state index contributed by atoms with van der Waals surface area (Å²) in [6.45, 7) is 3.61. The summed E-state index contributed by atoms with van der Waals surface area (Å²) in [5.74, 6) is -2.24. The van der Waals surface area contributed by atoms with Crippen molar-refractivity contribution in [1.29, 1.82) is 0 Å². The van der Waals surface area contributed by atoms with E-state index in [2.05, 4.69) is 10.2 Å². The van der Waals surface area contributed by atoms with E-state index < -0.39 is 22.2 Å². The van der Waals surface area contributed by atoms with Gasteiger partial charge in [0.1, 0.15) is 11.5 Å².